The molecule has 12 heavy (non-hydrogen) atoms. The minimum absolute atomic E-state index is 1.12. The maximum absolute atomic E-state index is 5.32. The average Bonchev–Trinajstić information content (AvgIpc) is 2.05. The second kappa shape index (κ2) is 3.77. The van der Waals surface area contributed by atoms with E-state index in [-0.39, 0.29) is 0 Å². The zero-order chi connectivity index (χ0) is 8.97. The molecule has 0 bridgehead atoms. The van der Waals surface area contributed by atoms with Crippen LogP contribution in [0.2, 0.25) is 0 Å². The monoisotopic (exact) mass is 159 g/mol. The predicted molar refractivity (Wildman–Crippen MR) is 54.5 cm³/mol. The molecule has 0 unspecified atom stereocenters. The molecule has 0 radical (unpaired) electrons. The smallest absolute Gasteiger partial charge is 0.00561 e. The highest BCUT2D eigenvalue weighted by atomic mass is 14.5. The van der Waals surface area contributed by atoms with E-state index in [2.05, 4.69) is 19.6 Å². The molecular weight excluding hydrogens is 146 g/mol. The molecule has 1 nitrogen and oxygen atoms in total. The van der Waals surface area contributed by atoms with Crippen LogP contribution in [-0.4, -0.2) is 0 Å². The van der Waals surface area contributed by atoms with Gasteiger partial charge < -0.3 is 5.73 Å². The van der Waals surface area contributed by atoms with Gasteiger partial charge in [0.05, 0.1) is 0 Å². The Kier molecular flexibility index (Phi) is 2.70. The third-order valence-corrected chi connectivity index (χ3v) is 1.84. The predicted octanol–water partition coefficient (Wildman–Crippen LogP) is 2.57. The van der Waals surface area contributed by atoms with Crippen LogP contribution in [0.15, 0.2) is 31.0 Å². The third kappa shape index (κ3) is 1.56. The summed E-state index contributed by atoms with van der Waals surface area (Å²) in [6.45, 7) is 5.82. The normalized spacial score (nSPS) is 10.4. The number of nitrogens with two attached hydrogens (primary N) is 1. The van der Waals surface area contributed by atoms with Gasteiger partial charge in [-0.25, -0.2) is 0 Å². The number of hydrogen-bond donors (Lipinski definition) is 1. The van der Waals surface area contributed by atoms with Gasteiger partial charge in [-0.2, -0.15) is 0 Å². The quantitative estimate of drug-likeness (QED) is 0.705. The van der Waals surface area contributed by atoms with Crippen molar-refractivity contribution in [3.05, 3.63) is 47.7 Å². The zero-order valence-corrected chi connectivity index (χ0v) is 7.25. The fraction of sp³-hybridized carbons (Fsp3) is 0.0909. The minimum atomic E-state index is 1.12. The van der Waals surface area contributed by atoms with Crippen molar-refractivity contribution in [2.24, 2.45) is 5.73 Å². The Morgan fingerprint density at radius 2 is 2.17 bits per heavy atom. The lowest BCUT2D eigenvalue weighted by atomic mass is 10.0. The summed E-state index contributed by atoms with van der Waals surface area (Å²) in [5, 5.41) is 0. The molecule has 0 amide bonds. The molecule has 0 fully saturated rings. The van der Waals surface area contributed by atoms with E-state index in [1.807, 2.05) is 24.3 Å². The number of aryl methyl sites for hydroxylation is 1. The summed E-state index contributed by atoms with van der Waals surface area (Å²) in [4.78, 5) is 0. The van der Waals surface area contributed by atoms with Gasteiger partial charge in [0.2, 0.25) is 0 Å². The molecule has 1 heteroatoms. The molecule has 0 aliphatic rings. The van der Waals surface area contributed by atoms with Crippen molar-refractivity contribution in [3.8, 4) is 0 Å². The van der Waals surface area contributed by atoms with Crippen LogP contribution in [0.5, 0.6) is 0 Å². The third-order valence-electron chi connectivity index (χ3n) is 1.84. The molecule has 0 saturated carbocycles. The molecule has 0 aromatic heterocycles. The van der Waals surface area contributed by atoms with Crippen molar-refractivity contribution in [3.63, 3.8) is 0 Å². The number of hydrogen-bond acceptors (Lipinski definition) is 1. The van der Waals surface area contributed by atoms with Crippen molar-refractivity contribution in [1.29, 1.82) is 0 Å². The number of rotatable bonds is 2. The van der Waals surface area contributed by atoms with E-state index in [1.54, 1.807) is 6.20 Å². The van der Waals surface area contributed by atoms with Gasteiger partial charge in [0.25, 0.3) is 0 Å². The SMILES string of the molecule is C=Cc1c(C)cccc1/C=C\N. The lowest BCUT2D eigenvalue weighted by Gasteiger charge is -2.03. The van der Waals surface area contributed by atoms with E-state index < -0.39 is 0 Å². The van der Waals surface area contributed by atoms with Crippen LogP contribution in [-0.2, 0) is 0 Å². The molecule has 0 saturated heterocycles. The molecule has 0 atom stereocenters. The Balaban J connectivity index is 3.27. The van der Waals surface area contributed by atoms with Gasteiger partial charge >= 0.3 is 0 Å². The average molecular weight is 159 g/mol. The summed E-state index contributed by atoms with van der Waals surface area (Å²) in [6, 6.07) is 6.09. The van der Waals surface area contributed by atoms with Crippen LogP contribution in [0.25, 0.3) is 12.2 Å². The molecule has 2 N–H and O–H groups in total. The molecule has 1 aromatic carbocycles. The molecule has 1 aromatic rings. The Labute approximate surface area is 73.2 Å². The van der Waals surface area contributed by atoms with Crippen LogP contribution in [0.4, 0.5) is 0 Å². The topological polar surface area (TPSA) is 26.0 Å². The molecule has 1 rings (SSSR count). The van der Waals surface area contributed by atoms with E-state index in [0.29, 0.717) is 0 Å². The van der Waals surface area contributed by atoms with Crippen LogP contribution in [0.3, 0.4) is 0 Å². The molecule has 0 aliphatic heterocycles. The minimum Gasteiger partial charge on any atom is -0.405 e. The summed E-state index contributed by atoms with van der Waals surface area (Å²) >= 11 is 0. The maximum atomic E-state index is 5.32. The van der Waals surface area contributed by atoms with E-state index in [1.165, 1.54) is 5.56 Å². The van der Waals surface area contributed by atoms with E-state index >= 15 is 0 Å². The first-order valence-corrected chi connectivity index (χ1v) is 3.90. The van der Waals surface area contributed by atoms with Gasteiger partial charge in [-0.15, -0.1) is 0 Å². The largest absolute Gasteiger partial charge is 0.405 e. The fourth-order valence-corrected chi connectivity index (χ4v) is 1.23. The van der Waals surface area contributed by atoms with Crippen molar-refractivity contribution < 1.29 is 0 Å². The Hall–Kier alpha value is -1.50. The lowest BCUT2D eigenvalue weighted by Crippen LogP contribution is -1.86. The Bertz CT molecular complexity index is 311. The molecule has 62 valence electrons. The molecule has 0 spiro atoms. The van der Waals surface area contributed by atoms with Crippen molar-refractivity contribution >= 4 is 12.2 Å². The fourth-order valence-electron chi connectivity index (χ4n) is 1.23. The highest BCUT2D eigenvalue weighted by Gasteiger charge is 1.97. The summed E-state index contributed by atoms with van der Waals surface area (Å²) in [6.07, 6.45) is 5.27. The van der Waals surface area contributed by atoms with Gasteiger partial charge in [-0.1, -0.05) is 30.9 Å². The first kappa shape index (κ1) is 8.60. The van der Waals surface area contributed by atoms with Crippen molar-refractivity contribution in [1.82, 2.24) is 0 Å². The Morgan fingerprint density at radius 3 is 2.75 bits per heavy atom. The second-order valence-electron chi connectivity index (χ2n) is 2.64. The second-order valence-corrected chi connectivity index (χ2v) is 2.64. The van der Waals surface area contributed by atoms with Gasteiger partial charge in [-0.05, 0) is 35.9 Å². The van der Waals surface area contributed by atoms with Crippen molar-refractivity contribution in [2.75, 3.05) is 0 Å². The van der Waals surface area contributed by atoms with Crippen LogP contribution < -0.4 is 5.73 Å². The first-order chi connectivity index (χ1) is 5.79. The first-order valence-electron chi connectivity index (χ1n) is 3.90. The summed E-state index contributed by atoms with van der Waals surface area (Å²) in [7, 11) is 0. The van der Waals surface area contributed by atoms with Gasteiger partial charge in [0.15, 0.2) is 0 Å². The van der Waals surface area contributed by atoms with E-state index in [0.717, 1.165) is 11.1 Å². The summed E-state index contributed by atoms with van der Waals surface area (Å²) in [5.74, 6) is 0. The van der Waals surface area contributed by atoms with Crippen LogP contribution in [0.1, 0.15) is 16.7 Å². The Morgan fingerprint density at radius 1 is 1.42 bits per heavy atom. The molecule has 0 aliphatic carbocycles. The van der Waals surface area contributed by atoms with E-state index in [9.17, 15) is 0 Å². The van der Waals surface area contributed by atoms with E-state index in [4.69, 9.17) is 5.73 Å². The summed E-state index contributed by atoms with van der Waals surface area (Å²) in [5.41, 5.74) is 8.81. The zero-order valence-electron chi connectivity index (χ0n) is 7.25. The maximum Gasteiger partial charge on any atom is -0.00561 e. The van der Waals surface area contributed by atoms with Gasteiger partial charge in [0, 0.05) is 0 Å². The van der Waals surface area contributed by atoms with Gasteiger partial charge in [0.1, 0.15) is 0 Å². The highest BCUT2D eigenvalue weighted by molar-refractivity contribution is 5.66. The van der Waals surface area contributed by atoms with Crippen LogP contribution >= 0.6 is 0 Å². The summed E-state index contributed by atoms with van der Waals surface area (Å²) < 4.78 is 0. The highest BCUT2D eigenvalue weighted by Crippen LogP contribution is 2.16. The van der Waals surface area contributed by atoms with Gasteiger partial charge in [-0.3, -0.25) is 0 Å². The molecular formula is C11H13N. The van der Waals surface area contributed by atoms with Crippen molar-refractivity contribution in [2.45, 2.75) is 6.92 Å². The van der Waals surface area contributed by atoms with Crippen LogP contribution in [0, 0.1) is 6.92 Å². The standard InChI is InChI=1S/C11H13N/c1-3-11-9(2)5-4-6-10(11)7-8-12/h3-8H,1,12H2,2H3/b8-7-. The lowest BCUT2D eigenvalue weighted by molar-refractivity contribution is 1.43. The number of benzene rings is 1. The molecule has 0 heterocycles.